The first-order valence-corrected chi connectivity index (χ1v) is 27.7. The zero-order valence-corrected chi connectivity index (χ0v) is 47.0. The fourth-order valence-corrected chi connectivity index (χ4v) is 8.67. The Morgan fingerprint density at radius 1 is 0.366 bits per heavy atom. The van der Waals surface area contributed by atoms with Crippen molar-refractivity contribution in [3.05, 3.63) is 144 Å². The largest absolute Gasteiger partial charge is 0.480 e. The van der Waals surface area contributed by atoms with Crippen LogP contribution in [-0.4, -0.2) is 195 Å². The van der Waals surface area contributed by atoms with Crippen molar-refractivity contribution in [2.45, 2.75) is 70.6 Å². The van der Waals surface area contributed by atoms with E-state index in [1.165, 1.54) is 0 Å². The second kappa shape index (κ2) is 36.6. The number of hydrogen-bond acceptors (Lipinski definition) is 19. The first-order valence-electron chi connectivity index (χ1n) is 27.7. The van der Waals surface area contributed by atoms with Crippen LogP contribution in [0, 0.1) is 0 Å². The smallest absolute Gasteiger partial charge is 0.328 e. The summed E-state index contributed by atoms with van der Waals surface area (Å²) in [5.41, 5.74) is 15.9. The van der Waals surface area contributed by atoms with Crippen LogP contribution in [0.4, 0.5) is 0 Å². The highest BCUT2D eigenvalue weighted by Gasteiger charge is 2.28. The number of carbonyl (C=O) groups excluding carboxylic acids is 7. The van der Waals surface area contributed by atoms with E-state index in [0.29, 0.717) is 0 Å². The van der Waals surface area contributed by atoms with E-state index in [9.17, 15) is 43.5 Å². The Kier molecular flexibility index (Phi) is 29.1. The molecule has 1 heterocycles. The molecule has 0 aromatic heterocycles. The molecule has 4 aromatic rings. The van der Waals surface area contributed by atoms with Crippen molar-refractivity contribution >= 4 is 47.5 Å². The minimum absolute atomic E-state index is 0.0620. The summed E-state index contributed by atoms with van der Waals surface area (Å²) in [5.74, 6) is -5.00. The number of nitrogens with zero attached hydrogens (tertiary/aromatic N) is 4. The van der Waals surface area contributed by atoms with Gasteiger partial charge in [0.15, 0.2) is 0 Å². The highest BCUT2D eigenvalue weighted by molar-refractivity contribution is 5.87. The molecule has 4 aromatic carbocycles. The van der Waals surface area contributed by atoms with Gasteiger partial charge in [-0.1, -0.05) is 121 Å². The minimum Gasteiger partial charge on any atom is -0.480 e. The predicted molar refractivity (Wildman–Crippen MR) is 304 cm³/mol. The van der Waals surface area contributed by atoms with E-state index >= 15 is 0 Å². The molecule has 0 unspecified atom stereocenters. The third-order valence-electron chi connectivity index (χ3n) is 12.9. The molecule has 0 radical (unpaired) electrons. The Bertz CT molecular complexity index is 2500. The maximum Gasteiger partial charge on any atom is 0.328 e. The molecule has 24 nitrogen and oxygen atoms in total. The average Bonchev–Trinajstić information content (AvgIpc) is 3.52. The second-order valence-electron chi connectivity index (χ2n) is 19.1. The van der Waals surface area contributed by atoms with E-state index < -0.39 is 71.7 Å². The molecule has 5 rings (SSSR count). The van der Waals surface area contributed by atoms with E-state index in [1.807, 2.05) is 97.1 Å². The van der Waals surface area contributed by atoms with E-state index in [0.717, 1.165) is 22.3 Å². The molecule has 4 atom stereocenters. The Labute approximate surface area is 479 Å². The summed E-state index contributed by atoms with van der Waals surface area (Å²) in [6.45, 7) is 6.14. The van der Waals surface area contributed by atoms with Gasteiger partial charge in [-0.3, -0.25) is 19.2 Å². The quantitative estimate of drug-likeness (QED) is 0.0235. The zero-order chi connectivity index (χ0) is 58.9. The third-order valence-corrected chi connectivity index (χ3v) is 12.9. The number of hydrazine groups is 4. The highest BCUT2D eigenvalue weighted by atomic mass is 16.5. The predicted octanol–water partition coefficient (Wildman–Crippen LogP) is -0.0897. The molecular weight excluding hydrogens is 1060 g/mol. The van der Waals surface area contributed by atoms with Crippen LogP contribution >= 0.6 is 0 Å². The lowest BCUT2D eigenvalue weighted by Gasteiger charge is -2.35. The molecule has 1 aliphatic rings. The van der Waals surface area contributed by atoms with Crippen molar-refractivity contribution in [3.8, 4) is 0 Å². The number of esters is 3. The number of benzene rings is 4. The number of carbonyl (C=O) groups is 8. The Balaban J connectivity index is 1.36. The number of rotatable bonds is 31. The SMILES string of the molecule is CCOC(=O)[C@H](Cc1ccccc1)NC(=O)CNN1CCN(NCC(=O)N[C@@H](Cc2ccccc2)C(=O)O)CCN(NCC(=O)N[C@@H](Cc2ccccc2)C(=O)OCC)CCN(NCC(=O)N[C@@H](Cc2ccccc2)C(=O)OCC)CC1. The molecule has 9 N–H and O–H groups in total. The van der Waals surface area contributed by atoms with Gasteiger partial charge in [0.2, 0.25) is 23.6 Å². The highest BCUT2D eigenvalue weighted by Crippen LogP contribution is 2.09. The monoisotopic (exact) mass is 1140 g/mol. The van der Waals surface area contributed by atoms with Gasteiger partial charge in [0.1, 0.15) is 24.2 Å². The number of ether oxygens (including phenoxy) is 3. The van der Waals surface area contributed by atoms with Crippen LogP contribution in [0.3, 0.4) is 0 Å². The van der Waals surface area contributed by atoms with Crippen LogP contribution in [0.15, 0.2) is 121 Å². The standard InChI is InChI=1S/C58H80N12O12/c1-4-80-56(77)48(36-44-21-13-8-14-22-44)64-52(72)40-60-68-29-27-67(59-39-51(71)63-47(55(75)76)35-43-19-11-7-12-20-43)28-30-69(61-41-53(73)65-49(57(78)81-5-2)37-45-23-15-9-16-24-45)32-34-70(33-31-68)62-42-54(74)66-50(58(79)82-6-3)38-46-25-17-10-18-26-46/h7-26,47-50,59-62H,4-6,27-42H2,1-3H3,(H,63,71)(H,64,72)(H,65,73)(H,66,74)(H,75,76)/t47-,48-,49-,50-/m0/s1. The lowest BCUT2D eigenvalue weighted by atomic mass is 10.1. The summed E-state index contributed by atoms with van der Waals surface area (Å²) in [6.07, 6.45) is 0.656. The number of nitrogens with one attached hydrogen (secondary N) is 8. The lowest BCUT2D eigenvalue weighted by Crippen LogP contribution is -2.58. The summed E-state index contributed by atoms with van der Waals surface area (Å²) in [7, 11) is 0. The van der Waals surface area contributed by atoms with Gasteiger partial charge in [-0.2, -0.15) is 0 Å². The van der Waals surface area contributed by atoms with Crippen LogP contribution in [0.2, 0.25) is 0 Å². The number of hydrogen-bond donors (Lipinski definition) is 9. The van der Waals surface area contributed by atoms with Gasteiger partial charge in [-0.15, -0.1) is 0 Å². The van der Waals surface area contributed by atoms with Crippen LogP contribution in [0.25, 0.3) is 0 Å². The summed E-state index contributed by atoms with van der Waals surface area (Å²) < 4.78 is 15.9. The number of carboxylic acids is 1. The molecule has 0 bridgehead atoms. The fourth-order valence-electron chi connectivity index (χ4n) is 8.67. The van der Waals surface area contributed by atoms with Gasteiger partial charge in [-0.05, 0) is 43.0 Å². The maximum absolute atomic E-state index is 13.7. The Morgan fingerprint density at radius 3 is 0.780 bits per heavy atom. The molecule has 4 amide bonds. The Hall–Kier alpha value is -7.68. The Morgan fingerprint density at radius 2 is 0.573 bits per heavy atom. The van der Waals surface area contributed by atoms with Crippen molar-refractivity contribution in [2.75, 3.05) is 98.4 Å². The van der Waals surface area contributed by atoms with Crippen molar-refractivity contribution in [2.24, 2.45) is 0 Å². The molecule has 1 fully saturated rings. The lowest BCUT2D eigenvalue weighted by molar-refractivity contribution is -0.147. The number of aliphatic carboxylic acids is 1. The van der Waals surface area contributed by atoms with Crippen LogP contribution in [-0.2, 0) is 78.3 Å². The molecule has 0 spiro atoms. The minimum atomic E-state index is -1.21. The first kappa shape index (κ1) is 65.1. The zero-order valence-electron chi connectivity index (χ0n) is 47.0. The summed E-state index contributed by atoms with van der Waals surface area (Å²) >= 11 is 0. The maximum atomic E-state index is 13.7. The molecule has 1 saturated heterocycles. The van der Waals surface area contributed by atoms with Gasteiger partial charge < -0.3 is 40.6 Å². The van der Waals surface area contributed by atoms with Crippen molar-refractivity contribution < 1.29 is 57.7 Å². The topological polar surface area (TPSA) is 294 Å². The molecule has 0 saturated carbocycles. The van der Waals surface area contributed by atoms with Gasteiger partial charge in [0, 0.05) is 78.0 Å². The van der Waals surface area contributed by atoms with Crippen LogP contribution in [0.1, 0.15) is 43.0 Å². The fraction of sp³-hybridized carbons (Fsp3) is 0.448. The number of amides is 4. The van der Waals surface area contributed by atoms with Crippen molar-refractivity contribution in [1.29, 1.82) is 0 Å². The molecule has 444 valence electrons. The molecule has 82 heavy (non-hydrogen) atoms. The summed E-state index contributed by atoms with van der Waals surface area (Å²) in [6, 6.07) is 32.5. The van der Waals surface area contributed by atoms with Crippen molar-refractivity contribution in [3.63, 3.8) is 0 Å². The van der Waals surface area contributed by atoms with Gasteiger partial charge in [0.25, 0.3) is 0 Å². The first-order chi connectivity index (χ1) is 39.7. The molecule has 0 aliphatic carbocycles. The van der Waals surface area contributed by atoms with Crippen LogP contribution < -0.4 is 43.0 Å². The van der Waals surface area contributed by atoms with Gasteiger partial charge in [0.05, 0.1) is 46.0 Å². The molecular formula is C58H80N12O12. The second-order valence-corrected chi connectivity index (χ2v) is 19.1. The van der Waals surface area contributed by atoms with E-state index in [1.54, 1.807) is 65.1 Å². The average molecular weight is 1140 g/mol. The van der Waals surface area contributed by atoms with Gasteiger partial charge >= 0.3 is 23.9 Å². The van der Waals surface area contributed by atoms with Gasteiger partial charge in [-0.25, -0.2) is 60.9 Å². The number of carboxylic acid groups (broad SMARTS) is 1. The molecule has 1 aliphatic heterocycles. The van der Waals surface area contributed by atoms with E-state index in [4.69, 9.17) is 14.2 Å². The van der Waals surface area contributed by atoms with Crippen LogP contribution in [0.5, 0.6) is 0 Å². The molecule has 24 heteroatoms. The third kappa shape index (κ3) is 25.0. The summed E-state index contributed by atoms with van der Waals surface area (Å²) in [4.78, 5) is 106. The normalized spacial score (nSPS) is 15.4. The van der Waals surface area contributed by atoms with Crippen molar-refractivity contribution in [1.82, 2.24) is 63.0 Å². The summed E-state index contributed by atoms with van der Waals surface area (Å²) in [5, 5.41) is 28.2. The van der Waals surface area contributed by atoms with E-state index in [2.05, 4.69) is 43.0 Å². The van der Waals surface area contributed by atoms with E-state index in [-0.39, 0.29) is 124 Å².